The van der Waals surface area contributed by atoms with Crippen LogP contribution in [0.5, 0.6) is 5.75 Å². The highest BCUT2D eigenvalue weighted by molar-refractivity contribution is 9.10. The van der Waals surface area contributed by atoms with Crippen molar-refractivity contribution in [3.8, 4) is 5.75 Å². The second-order valence-electron chi connectivity index (χ2n) is 6.15. The first-order valence-corrected chi connectivity index (χ1v) is 8.81. The number of nitrogens with zero attached hydrogens (tertiary/aromatic N) is 4. The van der Waals surface area contributed by atoms with Gasteiger partial charge in [0, 0.05) is 14.1 Å². The fourth-order valence-corrected chi connectivity index (χ4v) is 3.36. The molecule has 2 aromatic heterocycles. The van der Waals surface area contributed by atoms with Gasteiger partial charge >= 0.3 is 12.3 Å². The van der Waals surface area contributed by atoms with Gasteiger partial charge in [-0.1, -0.05) is 11.6 Å². The molecule has 1 aromatic carbocycles. The number of fused-ring (bicyclic) bond motifs is 1. The number of aryl methyl sites for hydroxylation is 2. The van der Waals surface area contributed by atoms with E-state index in [2.05, 4.69) is 25.7 Å². The van der Waals surface area contributed by atoms with E-state index in [0.29, 0.717) is 5.56 Å². The quantitative estimate of drug-likeness (QED) is 0.432. The smallest absolute Gasteiger partial charge is 0.387 e. The van der Waals surface area contributed by atoms with Gasteiger partial charge in [0.05, 0.1) is 12.1 Å². The second kappa shape index (κ2) is 7.30. The normalized spacial score (nSPS) is 11.4. The number of Topliss-reactive ketones (excluding diaryl/α,β-unsaturated/α-hetero) is 1. The van der Waals surface area contributed by atoms with Gasteiger partial charge in [-0.3, -0.25) is 23.3 Å². The van der Waals surface area contributed by atoms with Crippen LogP contribution in [0.15, 0.2) is 32.5 Å². The minimum absolute atomic E-state index is 0.00225. The van der Waals surface area contributed by atoms with Gasteiger partial charge in [-0.25, -0.2) is 9.78 Å². The Morgan fingerprint density at radius 3 is 2.57 bits per heavy atom. The van der Waals surface area contributed by atoms with E-state index in [4.69, 9.17) is 0 Å². The average Bonchev–Trinajstić information content (AvgIpc) is 2.95. The van der Waals surface area contributed by atoms with Gasteiger partial charge in [-0.05, 0) is 35.0 Å². The zero-order valence-corrected chi connectivity index (χ0v) is 16.7. The fourth-order valence-electron chi connectivity index (χ4n) is 2.89. The number of alkyl halides is 2. The number of ketones is 1. The van der Waals surface area contributed by atoms with Crippen molar-refractivity contribution < 1.29 is 18.3 Å². The summed E-state index contributed by atoms with van der Waals surface area (Å²) in [5.74, 6) is -0.802. The molecule has 0 radical (unpaired) electrons. The Morgan fingerprint density at radius 2 is 1.93 bits per heavy atom. The molecule has 0 unspecified atom stereocenters. The summed E-state index contributed by atoms with van der Waals surface area (Å²) < 4.78 is 33.3. The molecule has 0 atom stereocenters. The van der Waals surface area contributed by atoms with Crippen molar-refractivity contribution in [2.75, 3.05) is 0 Å². The molecule has 0 aliphatic carbocycles. The van der Waals surface area contributed by atoms with E-state index in [1.165, 1.54) is 35.4 Å². The van der Waals surface area contributed by atoms with E-state index < -0.39 is 23.6 Å². The summed E-state index contributed by atoms with van der Waals surface area (Å²) >= 11 is 3.19. The van der Waals surface area contributed by atoms with Crippen molar-refractivity contribution in [2.24, 2.45) is 14.1 Å². The molecule has 0 fully saturated rings. The average molecular weight is 457 g/mol. The first-order valence-electron chi connectivity index (χ1n) is 8.02. The molecule has 0 aliphatic heterocycles. The lowest BCUT2D eigenvalue weighted by atomic mass is 10.1. The predicted octanol–water partition coefficient (Wildman–Crippen LogP) is 1.99. The Bertz CT molecular complexity index is 1210. The van der Waals surface area contributed by atoms with Crippen molar-refractivity contribution in [2.45, 2.75) is 20.1 Å². The summed E-state index contributed by atoms with van der Waals surface area (Å²) in [6.45, 7) is -1.72. The molecule has 11 heteroatoms. The third-order valence-corrected chi connectivity index (χ3v) is 4.85. The molecule has 0 amide bonds. The minimum atomic E-state index is -3.08. The van der Waals surface area contributed by atoms with E-state index >= 15 is 0 Å². The zero-order valence-electron chi connectivity index (χ0n) is 15.1. The van der Waals surface area contributed by atoms with Crippen LogP contribution < -0.4 is 16.0 Å². The maximum absolute atomic E-state index is 12.8. The van der Waals surface area contributed by atoms with Crippen molar-refractivity contribution in [3.63, 3.8) is 0 Å². The number of carbonyl (C=O) groups excluding carboxylic acids is 1. The summed E-state index contributed by atoms with van der Waals surface area (Å²) in [5, 5.41) is 0. The SMILES string of the molecule is Cc1ccc(OC(F)F)c(C(=O)Cn2c(Br)nc3c(=O)n(C)c(=O)n(C)c32)c1. The van der Waals surface area contributed by atoms with E-state index in [1.807, 2.05) is 0 Å². The molecular weight excluding hydrogens is 442 g/mol. The number of carbonyl (C=O) groups is 1. The van der Waals surface area contributed by atoms with E-state index in [1.54, 1.807) is 13.0 Å². The third kappa shape index (κ3) is 3.37. The van der Waals surface area contributed by atoms with Crippen LogP contribution in [-0.4, -0.2) is 31.1 Å². The van der Waals surface area contributed by atoms with Gasteiger partial charge in [0.1, 0.15) is 5.75 Å². The first kappa shape index (κ1) is 19.9. The van der Waals surface area contributed by atoms with E-state index in [0.717, 1.165) is 4.57 Å². The van der Waals surface area contributed by atoms with Gasteiger partial charge in [0.2, 0.25) is 0 Å². The predicted molar refractivity (Wildman–Crippen MR) is 100 cm³/mol. The molecule has 3 rings (SSSR count). The second-order valence-corrected chi connectivity index (χ2v) is 6.86. The molecule has 0 saturated heterocycles. The van der Waals surface area contributed by atoms with Crippen LogP contribution in [0.4, 0.5) is 8.78 Å². The Hall–Kier alpha value is -2.82. The molecule has 2 heterocycles. The number of hydrogen-bond donors (Lipinski definition) is 0. The van der Waals surface area contributed by atoms with Gasteiger partial charge in [0.25, 0.3) is 5.56 Å². The van der Waals surface area contributed by atoms with Crippen molar-refractivity contribution in [3.05, 3.63) is 54.9 Å². The maximum Gasteiger partial charge on any atom is 0.387 e. The molecule has 8 nitrogen and oxygen atoms in total. The third-order valence-electron chi connectivity index (χ3n) is 4.25. The Labute approximate surface area is 165 Å². The van der Waals surface area contributed by atoms with Crippen molar-refractivity contribution in [1.82, 2.24) is 18.7 Å². The monoisotopic (exact) mass is 456 g/mol. The van der Waals surface area contributed by atoms with Crippen LogP contribution >= 0.6 is 15.9 Å². The number of aromatic nitrogens is 4. The number of imidazole rings is 1. The largest absolute Gasteiger partial charge is 0.434 e. The molecule has 0 N–H and O–H groups in total. The molecule has 28 heavy (non-hydrogen) atoms. The molecule has 0 aliphatic rings. The molecule has 3 aromatic rings. The highest BCUT2D eigenvalue weighted by atomic mass is 79.9. The summed E-state index contributed by atoms with van der Waals surface area (Å²) in [5.41, 5.74) is -0.420. The number of ether oxygens (including phenoxy) is 1. The highest BCUT2D eigenvalue weighted by Crippen LogP contribution is 2.25. The standard InChI is InChI=1S/C17H15BrF2N4O4/c1-8-4-5-11(28-16(19)20)9(6-8)10(25)7-24-13-12(21-15(24)18)14(26)23(3)17(27)22(13)2/h4-6,16H,7H2,1-3H3. The lowest BCUT2D eigenvalue weighted by molar-refractivity contribution is -0.0501. The molecule has 0 spiro atoms. The summed E-state index contributed by atoms with van der Waals surface area (Å²) in [7, 11) is 2.76. The Morgan fingerprint density at radius 1 is 1.25 bits per heavy atom. The lowest BCUT2D eigenvalue weighted by Gasteiger charge is -2.13. The summed E-state index contributed by atoms with van der Waals surface area (Å²) in [4.78, 5) is 41.5. The Kier molecular flexibility index (Phi) is 5.20. The van der Waals surface area contributed by atoms with Gasteiger partial charge in [-0.15, -0.1) is 0 Å². The molecule has 0 bridgehead atoms. The summed E-state index contributed by atoms with van der Waals surface area (Å²) in [6, 6.07) is 4.27. The van der Waals surface area contributed by atoms with Gasteiger partial charge < -0.3 is 4.74 Å². The zero-order chi connectivity index (χ0) is 20.7. The van der Waals surface area contributed by atoms with Crippen LogP contribution in [0.1, 0.15) is 15.9 Å². The molecule has 148 valence electrons. The topological polar surface area (TPSA) is 88.1 Å². The highest BCUT2D eigenvalue weighted by Gasteiger charge is 2.22. The Balaban J connectivity index is 2.13. The van der Waals surface area contributed by atoms with Crippen LogP contribution in [0.25, 0.3) is 11.2 Å². The molecular formula is C17H15BrF2N4O4. The maximum atomic E-state index is 12.8. The first-order chi connectivity index (χ1) is 13.1. The van der Waals surface area contributed by atoms with Crippen LogP contribution in [0, 0.1) is 6.92 Å². The fraction of sp³-hybridized carbons (Fsp3) is 0.294. The van der Waals surface area contributed by atoms with Crippen molar-refractivity contribution >= 4 is 32.9 Å². The van der Waals surface area contributed by atoms with E-state index in [9.17, 15) is 23.2 Å². The number of halogens is 3. The van der Waals surface area contributed by atoms with Gasteiger partial charge in [0.15, 0.2) is 21.7 Å². The lowest BCUT2D eigenvalue weighted by Crippen LogP contribution is -2.37. The number of benzene rings is 1. The van der Waals surface area contributed by atoms with Crippen LogP contribution in [0.3, 0.4) is 0 Å². The van der Waals surface area contributed by atoms with Crippen LogP contribution in [-0.2, 0) is 20.6 Å². The molecule has 0 saturated carbocycles. The van der Waals surface area contributed by atoms with Gasteiger partial charge in [-0.2, -0.15) is 8.78 Å². The van der Waals surface area contributed by atoms with Crippen LogP contribution in [0.2, 0.25) is 0 Å². The summed E-state index contributed by atoms with van der Waals surface area (Å²) in [6.07, 6.45) is 0. The number of hydrogen-bond acceptors (Lipinski definition) is 5. The minimum Gasteiger partial charge on any atom is -0.434 e. The van der Waals surface area contributed by atoms with E-state index in [-0.39, 0.29) is 33.8 Å². The number of rotatable bonds is 5. The van der Waals surface area contributed by atoms with Crippen molar-refractivity contribution in [1.29, 1.82) is 0 Å².